The van der Waals surface area contributed by atoms with Crippen LogP contribution in [0, 0.1) is 0 Å². The Morgan fingerprint density at radius 1 is 1.20 bits per heavy atom. The molecule has 1 saturated heterocycles. The molecule has 0 aromatic heterocycles. The van der Waals surface area contributed by atoms with Crippen molar-refractivity contribution < 1.29 is 38.8 Å². The van der Waals surface area contributed by atoms with Crippen LogP contribution in [0.15, 0.2) is 35.4 Å². The van der Waals surface area contributed by atoms with Gasteiger partial charge < -0.3 is 24.4 Å². The number of carbonyl (C=O) groups excluding carboxylic acids is 3. The lowest BCUT2D eigenvalue weighted by Crippen LogP contribution is -2.49. The predicted octanol–water partition coefficient (Wildman–Crippen LogP) is 3.70. The molecule has 1 aliphatic carbocycles. The Kier molecular flexibility index (Phi) is 6.49. The summed E-state index contributed by atoms with van der Waals surface area (Å²) in [5.41, 5.74) is 8.70. The van der Waals surface area contributed by atoms with Crippen LogP contribution in [-0.2, 0) is 19.0 Å². The molecule has 0 radical (unpaired) electrons. The topological polar surface area (TPSA) is 168 Å². The van der Waals surface area contributed by atoms with Gasteiger partial charge in [-0.1, -0.05) is 29.4 Å². The van der Waals surface area contributed by atoms with Gasteiger partial charge in [-0.2, -0.15) is 0 Å². The second-order valence-electron chi connectivity index (χ2n) is 8.42. The van der Waals surface area contributed by atoms with Crippen LogP contribution in [0.1, 0.15) is 70.7 Å². The van der Waals surface area contributed by atoms with Gasteiger partial charge in [0.05, 0.1) is 29.4 Å². The van der Waals surface area contributed by atoms with Crippen LogP contribution in [0.5, 0.6) is 11.5 Å². The van der Waals surface area contributed by atoms with Crippen LogP contribution >= 0.6 is 0 Å². The SMILES string of the molecule is CC(=O)O[C@H]1[C@H](C)O[C@@H](O[C@@H](C)c2cc(O)c3c(c2O)C(=O)c2ccccc2C3=O)C[C@H]1N=[N+]=[N-]. The molecule has 2 N–H and O–H groups in total. The lowest BCUT2D eigenvalue weighted by Gasteiger charge is -2.38. The minimum absolute atomic E-state index is 0.0547. The fourth-order valence-corrected chi connectivity index (χ4v) is 4.54. The Hall–Kier alpha value is -3.92. The van der Waals surface area contributed by atoms with E-state index in [1.165, 1.54) is 25.1 Å². The molecule has 1 aliphatic heterocycles. The average molecular weight is 481 g/mol. The van der Waals surface area contributed by atoms with Crippen LogP contribution in [0.4, 0.5) is 0 Å². The molecule has 5 atom stereocenters. The maximum Gasteiger partial charge on any atom is 0.303 e. The van der Waals surface area contributed by atoms with Gasteiger partial charge in [0, 0.05) is 34.9 Å². The zero-order valence-corrected chi connectivity index (χ0v) is 19.2. The Morgan fingerprint density at radius 2 is 1.83 bits per heavy atom. The quantitative estimate of drug-likeness (QED) is 0.183. The molecule has 182 valence electrons. The summed E-state index contributed by atoms with van der Waals surface area (Å²) in [6.07, 6.45) is -3.23. The van der Waals surface area contributed by atoms with Gasteiger partial charge in [0.15, 0.2) is 17.9 Å². The summed E-state index contributed by atoms with van der Waals surface area (Å²) in [5.74, 6) is -2.65. The van der Waals surface area contributed by atoms with E-state index in [9.17, 15) is 24.6 Å². The van der Waals surface area contributed by atoms with Gasteiger partial charge in [0.25, 0.3) is 0 Å². The molecule has 1 fully saturated rings. The van der Waals surface area contributed by atoms with Gasteiger partial charge in [0.1, 0.15) is 17.6 Å². The van der Waals surface area contributed by atoms with Crippen molar-refractivity contribution in [3.8, 4) is 11.5 Å². The molecule has 11 nitrogen and oxygen atoms in total. The van der Waals surface area contributed by atoms with E-state index in [4.69, 9.17) is 19.7 Å². The third kappa shape index (κ3) is 4.32. The number of ketones is 2. The number of fused-ring (bicyclic) bond motifs is 2. The van der Waals surface area contributed by atoms with Crippen LogP contribution < -0.4 is 0 Å². The first-order valence-electron chi connectivity index (χ1n) is 10.9. The van der Waals surface area contributed by atoms with Crippen molar-refractivity contribution in [1.29, 1.82) is 0 Å². The molecule has 4 rings (SSSR count). The highest BCUT2D eigenvalue weighted by Gasteiger charge is 2.40. The van der Waals surface area contributed by atoms with Gasteiger partial charge >= 0.3 is 5.97 Å². The number of phenols is 2. The van der Waals surface area contributed by atoms with E-state index < -0.39 is 59.7 Å². The lowest BCUT2D eigenvalue weighted by molar-refractivity contribution is -0.243. The Bertz CT molecular complexity index is 1270. The first-order chi connectivity index (χ1) is 16.6. The summed E-state index contributed by atoms with van der Waals surface area (Å²) in [4.78, 5) is 40.2. The summed E-state index contributed by atoms with van der Waals surface area (Å²) in [6, 6.07) is 6.60. The molecule has 0 saturated carbocycles. The Morgan fingerprint density at radius 3 is 2.43 bits per heavy atom. The monoisotopic (exact) mass is 481 g/mol. The molecule has 0 bridgehead atoms. The summed E-state index contributed by atoms with van der Waals surface area (Å²) in [5, 5.41) is 25.3. The number of carbonyl (C=O) groups is 3. The number of hydrogen-bond acceptors (Lipinski definition) is 9. The van der Waals surface area contributed by atoms with E-state index in [-0.39, 0.29) is 34.2 Å². The van der Waals surface area contributed by atoms with Crippen LogP contribution in [0.25, 0.3) is 10.4 Å². The standard InChI is InChI=1S/C24H23N3O8/c1-10(33-18-9-16(26-27-25)24(11(2)34-18)35-12(3)28)15-8-17(29)19-20(23(15)32)22(31)14-7-5-4-6-13(14)21(19)30/h4-8,10-11,16,18,24,29,32H,9H2,1-3H3/t10-,11-,16+,18+,24-/m0/s1. The van der Waals surface area contributed by atoms with Crippen molar-refractivity contribution in [3.05, 3.63) is 68.6 Å². The predicted molar refractivity (Wildman–Crippen MR) is 120 cm³/mol. The van der Waals surface area contributed by atoms with E-state index in [1.807, 2.05) is 0 Å². The van der Waals surface area contributed by atoms with Gasteiger partial charge in [-0.3, -0.25) is 14.4 Å². The average Bonchev–Trinajstić information content (AvgIpc) is 2.81. The number of benzene rings is 2. The number of azide groups is 1. The highest BCUT2D eigenvalue weighted by Crippen LogP contribution is 2.43. The van der Waals surface area contributed by atoms with Crippen molar-refractivity contribution in [2.75, 3.05) is 0 Å². The number of rotatable bonds is 5. The molecule has 0 unspecified atom stereocenters. The summed E-state index contributed by atoms with van der Waals surface area (Å²) in [6.45, 7) is 4.44. The maximum absolute atomic E-state index is 13.1. The van der Waals surface area contributed by atoms with Gasteiger partial charge in [0.2, 0.25) is 0 Å². The minimum atomic E-state index is -0.919. The minimum Gasteiger partial charge on any atom is -0.507 e. The molecule has 35 heavy (non-hydrogen) atoms. The second-order valence-corrected chi connectivity index (χ2v) is 8.42. The van der Waals surface area contributed by atoms with E-state index in [2.05, 4.69) is 10.0 Å². The van der Waals surface area contributed by atoms with Gasteiger partial charge in [-0.25, -0.2) is 0 Å². The maximum atomic E-state index is 13.1. The largest absolute Gasteiger partial charge is 0.507 e. The van der Waals surface area contributed by atoms with E-state index in [1.54, 1.807) is 26.0 Å². The summed E-state index contributed by atoms with van der Waals surface area (Å²) >= 11 is 0. The number of hydrogen-bond donors (Lipinski definition) is 2. The first-order valence-corrected chi connectivity index (χ1v) is 10.9. The van der Waals surface area contributed by atoms with Crippen LogP contribution in [0.3, 0.4) is 0 Å². The Labute approximate surface area is 199 Å². The fraction of sp³-hybridized carbons (Fsp3) is 0.375. The summed E-state index contributed by atoms with van der Waals surface area (Å²) in [7, 11) is 0. The number of esters is 1. The van der Waals surface area contributed by atoms with Crippen molar-refractivity contribution in [3.63, 3.8) is 0 Å². The highest BCUT2D eigenvalue weighted by molar-refractivity contribution is 6.30. The molecule has 2 aliphatic rings. The lowest BCUT2D eigenvalue weighted by atomic mass is 9.81. The van der Waals surface area contributed by atoms with Crippen molar-refractivity contribution in [2.45, 2.75) is 57.8 Å². The first kappa shape index (κ1) is 24.2. The highest BCUT2D eigenvalue weighted by atomic mass is 16.7. The molecule has 0 amide bonds. The smallest absolute Gasteiger partial charge is 0.303 e. The van der Waals surface area contributed by atoms with Gasteiger partial charge in [-0.05, 0) is 25.4 Å². The summed E-state index contributed by atoms with van der Waals surface area (Å²) < 4.78 is 16.9. The van der Waals surface area contributed by atoms with Crippen molar-refractivity contribution >= 4 is 17.5 Å². The number of ether oxygens (including phenoxy) is 3. The molecule has 2 aromatic carbocycles. The molecule has 11 heteroatoms. The number of aromatic hydroxyl groups is 2. The molecular weight excluding hydrogens is 458 g/mol. The third-order valence-corrected chi connectivity index (χ3v) is 6.12. The van der Waals surface area contributed by atoms with E-state index in [0.717, 1.165) is 0 Å². The van der Waals surface area contributed by atoms with Crippen molar-refractivity contribution in [1.82, 2.24) is 0 Å². The van der Waals surface area contributed by atoms with E-state index >= 15 is 0 Å². The number of nitrogens with zero attached hydrogens (tertiary/aromatic N) is 3. The van der Waals surface area contributed by atoms with Crippen LogP contribution in [-0.4, -0.2) is 52.3 Å². The molecule has 2 aromatic rings. The second kappa shape index (κ2) is 9.38. The zero-order valence-electron chi connectivity index (χ0n) is 19.2. The Balaban J connectivity index is 1.63. The van der Waals surface area contributed by atoms with Crippen LogP contribution in [0.2, 0.25) is 0 Å². The fourth-order valence-electron chi connectivity index (χ4n) is 4.54. The zero-order chi connectivity index (χ0) is 25.4. The van der Waals surface area contributed by atoms with Crippen molar-refractivity contribution in [2.24, 2.45) is 5.11 Å². The molecule has 0 spiro atoms. The third-order valence-electron chi connectivity index (χ3n) is 6.12. The molecule has 1 heterocycles. The normalized spacial score (nSPS) is 24.1. The number of phenolic OH excluding ortho intramolecular Hbond substituents is 2. The van der Waals surface area contributed by atoms with E-state index in [0.29, 0.717) is 0 Å². The molecular formula is C24H23N3O8. The van der Waals surface area contributed by atoms with Gasteiger partial charge in [-0.15, -0.1) is 0 Å².